The number of nitrogens with zero attached hydrogens (tertiary/aromatic N) is 1. The van der Waals surface area contributed by atoms with E-state index in [1.165, 1.54) is 10.9 Å². The molecule has 1 aromatic heterocycles. The van der Waals surface area contributed by atoms with Crippen molar-refractivity contribution in [3.05, 3.63) is 36.0 Å². The summed E-state index contributed by atoms with van der Waals surface area (Å²) in [5.41, 5.74) is 2.35. The van der Waals surface area contributed by atoms with E-state index >= 15 is 0 Å². The second kappa shape index (κ2) is 9.84. The molecule has 0 saturated carbocycles. The third kappa shape index (κ3) is 6.65. The molecular weight excluding hydrogens is 441 g/mol. The number of aromatic nitrogens is 1. The molecule has 0 aliphatic heterocycles. The molecule has 0 aliphatic carbocycles. The van der Waals surface area contributed by atoms with E-state index in [4.69, 9.17) is 5.14 Å². The molecule has 0 radical (unpaired) electrons. The number of nitrogens with one attached hydrogen (secondary N) is 3. The van der Waals surface area contributed by atoms with Crippen LogP contribution in [0.15, 0.2) is 35.5 Å². The van der Waals surface area contributed by atoms with Gasteiger partial charge in [0, 0.05) is 30.2 Å². The van der Waals surface area contributed by atoms with Crippen molar-refractivity contribution in [3.63, 3.8) is 0 Å². The van der Waals surface area contributed by atoms with E-state index in [2.05, 4.69) is 26.7 Å². The number of primary sulfonamides is 1. The van der Waals surface area contributed by atoms with Crippen molar-refractivity contribution in [3.8, 4) is 0 Å². The van der Waals surface area contributed by atoms with Crippen LogP contribution >= 0.6 is 24.0 Å². The molecule has 0 unspecified atom stereocenters. The molecule has 1 aromatic carbocycles. The number of H-pyrrole nitrogens is 1. The number of aromatic amines is 1. The third-order valence-electron chi connectivity index (χ3n) is 3.35. The number of hydrogen-bond acceptors (Lipinski definition) is 3. The van der Waals surface area contributed by atoms with E-state index in [1.54, 1.807) is 0 Å². The van der Waals surface area contributed by atoms with Gasteiger partial charge in [0.05, 0.1) is 12.3 Å². The molecule has 0 fully saturated rings. The minimum absolute atomic E-state index is 0. The Kier molecular flexibility index (Phi) is 8.50. The number of hydrogen-bond donors (Lipinski definition) is 4. The Bertz CT molecular complexity index is 773. The molecule has 0 bridgehead atoms. The van der Waals surface area contributed by atoms with Crippen LogP contribution in [0.3, 0.4) is 0 Å². The lowest BCUT2D eigenvalue weighted by Crippen LogP contribution is -2.38. The predicted octanol–water partition coefficient (Wildman–Crippen LogP) is 1.17. The fraction of sp³-hybridized carbons (Fsp3) is 0.400. The topological polar surface area (TPSA) is 112 Å². The summed E-state index contributed by atoms with van der Waals surface area (Å²) in [5, 5.41) is 12.5. The number of benzene rings is 1. The molecule has 9 heteroatoms. The number of halogens is 1. The van der Waals surface area contributed by atoms with Gasteiger partial charge in [-0.05, 0) is 25.0 Å². The molecule has 2 aromatic rings. The molecule has 0 amide bonds. The number of rotatable bonds is 7. The van der Waals surface area contributed by atoms with Crippen molar-refractivity contribution in [1.29, 1.82) is 0 Å². The molecule has 24 heavy (non-hydrogen) atoms. The first-order chi connectivity index (χ1) is 11.0. The van der Waals surface area contributed by atoms with Crippen LogP contribution in [0, 0.1) is 0 Å². The number of fused-ring (bicyclic) bond motifs is 1. The Labute approximate surface area is 159 Å². The molecular formula is C15H24IN5O2S. The highest BCUT2D eigenvalue weighted by Crippen LogP contribution is 2.17. The molecule has 0 aliphatic rings. The lowest BCUT2D eigenvalue weighted by atomic mass is 10.1. The van der Waals surface area contributed by atoms with Gasteiger partial charge in [-0.15, -0.1) is 24.0 Å². The van der Waals surface area contributed by atoms with E-state index in [-0.39, 0.29) is 36.3 Å². The van der Waals surface area contributed by atoms with Crippen LogP contribution in [0.4, 0.5) is 0 Å². The maximum Gasteiger partial charge on any atom is 0.210 e. The van der Waals surface area contributed by atoms with Gasteiger partial charge in [0.25, 0.3) is 0 Å². The van der Waals surface area contributed by atoms with Crippen LogP contribution in [0.5, 0.6) is 0 Å². The van der Waals surface area contributed by atoms with Gasteiger partial charge in [0.15, 0.2) is 5.96 Å². The zero-order chi connectivity index (χ0) is 16.7. The second-order valence-corrected chi connectivity index (χ2v) is 6.90. The van der Waals surface area contributed by atoms with E-state index in [9.17, 15) is 8.42 Å². The average Bonchev–Trinajstić information content (AvgIpc) is 2.89. The molecule has 1 heterocycles. The Morgan fingerprint density at radius 1 is 1.29 bits per heavy atom. The highest BCUT2D eigenvalue weighted by atomic mass is 127. The zero-order valence-electron chi connectivity index (χ0n) is 13.6. The monoisotopic (exact) mass is 465 g/mol. The largest absolute Gasteiger partial charge is 0.361 e. The molecule has 5 N–H and O–H groups in total. The summed E-state index contributed by atoms with van der Waals surface area (Å²) in [7, 11) is -3.48. The van der Waals surface area contributed by atoms with Crippen LogP contribution in [-0.4, -0.2) is 44.7 Å². The number of nitrogens with two attached hydrogens (primary N) is 1. The van der Waals surface area contributed by atoms with E-state index in [1.807, 2.05) is 31.3 Å². The van der Waals surface area contributed by atoms with Crippen LogP contribution in [0.25, 0.3) is 10.9 Å². The van der Waals surface area contributed by atoms with Crippen molar-refractivity contribution < 1.29 is 8.42 Å². The Balaban J connectivity index is 0.00000288. The van der Waals surface area contributed by atoms with Crippen LogP contribution in [-0.2, 0) is 16.4 Å². The molecule has 0 atom stereocenters. The first kappa shape index (κ1) is 20.7. The zero-order valence-corrected chi connectivity index (χ0v) is 16.7. The molecule has 134 valence electrons. The van der Waals surface area contributed by atoms with Crippen LogP contribution in [0.1, 0.15) is 12.5 Å². The van der Waals surface area contributed by atoms with Gasteiger partial charge < -0.3 is 15.6 Å². The fourth-order valence-corrected chi connectivity index (χ4v) is 2.63. The molecule has 2 rings (SSSR count). The van der Waals surface area contributed by atoms with Gasteiger partial charge in [0.2, 0.25) is 10.0 Å². The van der Waals surface area contributed by atoms with Crippen molar-refractivity contribution in [2.75, 3.05) is 25.4 Å². The van der Waals surface area contributed by atoms with Crippen molar-refractivity contribution in [2.45, 2.75) is 13.3 Å². The van der Waals surface area contributed by atoms with Crippen LogP contribution in [0.2, 0.25) is 0 Å². The first-order valence-electron chi connectivity index (χ1n) is 7.57. The maximum absolute atomic E-state index is 10.9. The standard InChI is InChI=1S/C15H23N5O2S.HI/c1-2-17-15(19-9-10-23(16,21)22)18-8-7-12-11-20-14-6-4-3-5-13(12)14;/h3-6,11,20H,2,7-10H2,1H3,(H2,16,21,22)(H2,17,18,19);1H. The summed E-state index contributed by atoms with van der Waals surface area (Å²) < 4.78 is 21.9. The molecule has 7 nitrogen and oxygen atoms in total. The van der Waals surface area contributed by atoms with E-state index < -0.39 is 10.0 Å². The number of guanidine groups is 1. The van der Waals surface area contributed by atoms with Gasteiger partial charge in [0.1, 0.15) is 0 Å². The number of sulfonamides is 1. The lowest BCUT2D eigenvalue weighted by Gasteiger charge is -2.10. The maximum atomic E-state index is 10.9. The second-order valence-electron chi connectivity index (χ2n) is 5.16. The summed E-state index contributed by atoms with van der Waals surface area (Å²) in [6.07, 6.45) is 2.85. The highest BCUT2D eigenvalue weighted by Gasteiger charge is 2.04. The van der Waals surface area contributed by atoms with Crippen molar-refractivity contribution in [1.82, 2.24) is 15.6 Å². The van der Waals surface area contributed by atoms with Crippen LogP contribution < -0.4 is 15.8 Å². The minimum atomic E-state index is -3.48. The predicted molar refractivity (Wildman–Crippen MR) is 109 cm³/mol. The summed E-state index contributed by atoms with van der Waals surface area (Å²) in [4.78, 5) is 7.46. The number of para-hydroxylation sites is 1. The quantitative estimate of drug-likeness (QED) is 0.280. The average molecular weight is 465 g/mol. The SMILES string of the molecule is CCNC(=NCCS(N)(=O)=O)NCCc1c[nH]c2ccccc12.I. The fourth-order valence-electron chi connectivity index (χ4n) is 2.28. The third-order valence-corrected chi connectivity index (χ3v) is 4.10. The molecule has 0 spiro atoms. The Hall–Kier alpha value is -1.33. The normalized spacial score (nSPS) is 12.0. The van der Waals surface area contributed by atoms with E-state index in [0.29, 0.717) is 19.0 Å². The Morgan fingerprint density at radius 3 is 2.75 bits per heavy atom. The van der Waals surface area contributed by atoms with Gasteiger partial charge in [-0.2, -0.15) is 0 Å². The minimum Gasteiger partial charge on any atom is -0.361 e. The van der Waals surface area contributed by atoms with Crippen molar-refractivity contribution in [2.24, 2.45) is 10.1 Å². The summed E-state index contributed by atoms with van der Waals surface area (Å²) >= 11 is 0. The summed E-state index contributed by atoms with van der Waals surface area (Å²) in [5.74, 6) is 0.433. The number of aliphatic imine (C=N–C) groups is 1. The van der Waals surface area contributed by atoms with Gasteiger partial charge >= 0.3 is 0 Å². The van der Waals surface area contributed by atoms with Gasteiger partial charge in [-0.1, -0.05) is 18.2 Å². The van der Waals surface area contributed by atoms with Gasteiger partial charge in [-0.3, -0.25) is 4.99 Å². The first-order valence-corrected chi connectivity index (χ1v) is 9.29. The molecule has 0 saturated heterocycles. The Morgan fingerprint density at radius 2 is 2.04 bits per heavy atom. The van der Waals surface area contributed by atoms with E-state index in [0.717, 1.165) is 11.9 Å². The lowest BCUT2D eigenvalue weighted by molar-refractivity contribution is 0.597. The smallest absolute Gasteiger partial charge is 0.210 e. The van der Waals surface area contributed by atoms with Gasteiger partial charge in [-0.25, -0.2) is 13.6 Å². The summed E-state index contributed by atoms with van der Waals surface area (Å²) in [6.45, 7) is 3.50. The highest BCUT2D eigenvalue weighted by molar-refractivity contribution is 14.0. The summed E-state index contributed by atoms with van der Waals surface area (Å²) in [6, 6.07) is 8.16. The van der Waals surface area contributed by atoms with Crippen molar-refractivity contribution >= 4 is 50.9 Å².